The molecule has 0 aliphatic rings. The molecule has 0 saturated carbocycles. The van der Waals surface area contributed by atoms with E-state index in [0.29, 0.717) is 0 Å². The van der Waals surface area contributed by atoms with Gasteiger partial charge < -0.3 is 21.7 Å². The first-order valence-electron chi connectivity index (χ1n) is 5.07. The maximum absolute atomic E-state index is 10.7. The lowest BCUT2D eigenvalue weighted by atomic mass is 10.0. The Bertz CT molecular complexity index is 411. The first-order valence-corrected chi connectivity index (χ1v) is 5.07. The molecule has 0 spiro atoms. The molecule has 2 unspecified atom stereocenters. The molecule has 6 N–H and O–H groups in total. The van der Waals surface area contributed by atoms with Crippen molar-refractivity contribution in [3.8, 4) is 0 Å². The van der Waals surface area contributed by atoms with Gasteiger partial charge in [-0.2, -0.15) is 0 Å². The van der Waals surface area contributed by atoms with Crippen molar-refractivity contribution in [3.63, 3.8) is 0 Å². The van der Waals surface area contributed by atoms with E-state index in [1.54, 1.807) is 0 Å². The van der Waals surface area contributed by atoms with Crippen molar-refractivity contribution >= 4 is 11.4 Å². The molecular weight excluding hydrogens is 226 g/mol. The Labute approximate surface area is 97.8 Å². The maximum Gasteiger partial charge on any atom is 0.292 e. The smallest absolute Gasteiger partial charge is 0.292 e. The van der Waals surface area contributed by atoms with Crippen LogP contribution in [0.3, 0.4) is 0 Å². The summed E-state index contributed by atoms with van der Waals surface area (Å²) in [5.74, 6) is 0. The Hall–Kier alpha value is -1.70. The lowest BCUT2D eigenvalue weighted by Crippen LogP contribution is -2.21. The number of benzene rings is 1. The number of anilines is 1. The van der Waals surface area contributed by atoms with Gasteiger partial charge in [0.25, 0.3) is 5.69 Å². The number of aliphatic hydroxyl groups excluding tert-OH is 2. The minimum absolute atomic E-state index is 0.0132. The molecule has 94 valence electrons. The number of hydrogen-bond acceptors (Lipinski definition) is 6. The van der Waals surface area contributed by atoms with Gasteiger partial charge in [0.1, 0.15) is 11.8 Å². The van der Waals surface area contributed by atoms with Gasteiger partial charge in [0, 0.05) is 6.07 Å². The number of hydrogen-bond donors (Lipinski definition) is 4. The Morgan fingerprint density at radius 1 is 1.41 bits per heavy atom. The quantitative estimate of drug-likeness (QED) is 0.323. The maximum atomic E-state index is 10.7. The zero-order valence-electron chi connectivity index (χ0n) is 9.11. The molecule has 17 heavy (non-hydrogen) atoms. The van der Waals surface area contributed by atoms with Crippen LogP contribution >= 0.6 is 0 Å². The van der Waals surface area contributed by atoms with E-state index in [0.717, 1.165) is 6.07 Å². The molecule has 7 heteroatoms. The van der Waals surface area contributed by atoms with E-state index in [2.05, 4.69) is 0 Å². The van der Waals surface area contributed by atoms with Gasteiger partial charge in [-0.15, -0.1) is 0 Å². The standard InChI is InChI=1S/C10H15N3O4/c11-4-3-9(14)10(15)6-1-2-7(12)8(5-6)13(16)17/h1-2,5,9-10,14-15H,3-4,11-12H2. The molecule has 0 amide bonds. The highest BCUT2D eigenvalue weighted by atomic mass is 16.6. The van der Waals surface area contributed by atoms with E-state index in [4.69, 9.17) is 11.5 Å². The van der Waals surface area contributed by atoms with Crippen LogP contribution in [-0.2, 0) is 0 Å². The fourth-order valence-electron chi connectivity index (χ4n) is 1.45. The molecule has 0 saturated heterocycles. The fraction of sp³-hybridized carbons (Fsp3) is 0.400. The van der Waals surface area contributed by atoms with Crippen molar-refractivity contribution in [1.82, 2.24) is 0 Å². The summed E-state index contributed by atoms with van der Waals surface area (Å²) in [5.41, 5.74) is 10.6. The molecule has 1 aromatic rings. The molecule has 0 fully saturated rings. The highest BCUT2D eigenvalue weighted by molar-refractivity contribution is 5.59. The van der Waals surface area contributed by atoms with Crippen LogP contribution in [0.5, 0.6) is 0 Å². The summed E-state index contributed by atoms with van der Waals surface area (Å²) in [7, 11) is 0. The van der Waals surface area contributed by atoms with Crippen LogP contribution in [-0.4, -0.2) is 27.8 Å². The van der Waals surface area contributed by atoms with Gasteiger partial charge in [-0.3, -0.25) is 10.1 Å². The zero-order chi connectivity index (χ0) is 13.0. The topological polar surface area (TPSA) is 136 Å². The SMILES string of the molecule is NCCC(O)C(O)c1ccc(N)c([N+](=O)[O-])c1. The van der Waals surface area contributed by atoms with E-state index in [1.165, 1.54) is 12.1 Å². The van der Waals surface area contributed by atoms with Crippen LogP contribution in [0.25, 0.3) is 0 Å². The second kappa shape index (κ2) is 5.58. The Kier molecular flexibility index (Phi) is 4.38. The van der Waals surface area contributed by atoms with E-state index in [-0.39, 0.29) is 29.9 Å². The molecule has 7 nitrogen and oxygen atoms in total. The molecule has 0 bridgehead atoms. The molecule has 0 aromatic heterocycles. The minimum atomic E-state index is -1.21. The summed E-state index contributed by atoms with van der Waals surface area (Å²) in [6.07, 6.45) is -2.06. The third kappa shape index (κ3) is 3.13. The average Bonchev–Trinajstić information content (AvgIpc) is 2.28. The summed E-state index contributed by atoms with van der Waals surface area (Å²) >= 11 is 0. The molecular formula is C10H15N3O4. The number of nitrogens with two attached hydrogens (primary N) is 2. The van der Waals surface area contributed by atoms with Gasteiger partial charge in [-0.1, -0.05) is 6.07 Å². The van der Waals surface area contributed by atoms with Gasteiger partial charge in [0.2, 0.25) is 0 Å². The van der Waals surface area contributed by atoms with Crippen molar-refractivity contribution in [2.45, 2.75) is 18.6 Å². The highest BCUT2D eigenvalue weighted by Gasteiger charge is 2.21. The minimum Gasteiger partial charge on any atom is -0.393 e. The fourth-order valence-corrected chi connectivity index (χ4v) is 1.45. The number of rotatable bonds is 5. The molecule has 0 aliphatic carbocycles. The summed E-state index contributed by atoms with van der Waals surface area (Å²) in [6.45, 7) is 0.218. The van der Waals surface area contributed by atoms with Crippen LogP contribution in [0, 0.1) is 10.1 Å². The van der Waals surface area contributed by atoms with Crippen LogP contribution in [0.1, 0.15) is 18.1 Å². The van der Waals surface area contributed by atoms with E-state index in [1.807, 2.05) is 0 Å². The van der Waals surface area contributed by atoms with Gasteiger partial charge in [0.05, 0.1) is 11.0 Å². The monoisotopic (exact) mass is 241 g/mol. The molecule has 0 aliphatic heterocycles. The Morgan fingerprint density at radius 3 is 2.59 bits per heavy atom. The summed E-state index contributed by atoms with van der Waals surface area (Å²) < 4.78 is 0. The number of nitro groups is 1. The van der Waals surface area contributed by atoms with E-state index in [9.17, 15) is 20.3 Å². The van der Waals surface area contributed by atoms with Crippen LogP contribution in [0.15, 0.2) is 18.2 Å². The van der Waals surface area contributed by atoms with Crippen molar-refractivity contribution in [2.24, 2.45) is 5.73 Å². The zero-order valence-corrected chi connectivity index (χ0v) is 9.11. The Balaban J connectivity index is 2.99. The number of nitrogen functional groups attached to an aromatic ring is 1. The molecule has 2 atom stereocenters. The Morgan fingerprint density at radius 2 is 2.06 bits per heavy atom. The first-order chi connectivity index (χ1) is 7.97. The van der Waals surface area contributed by atoms with E-state index < -0.39 is 17.1 Å². The predicted octanol–water partition coefficient (Wildman–Crippen LogP) is -0.0799. The van der Waals surface area contributed by atoms with Gasteiger partial charge in [0.15, 0.2) is 0 Å². The third-order valence-electron chi connectivity index (χ3n) is 2.42. The number of aliphatic hydroxyl groups is 2. The summed E-state index contributed by atoms with van der Waals surface area (Å²) in [4.78, 5) is 10.0. The third-order valence-corrected chi connectivity index (χ3v) is 2.42. The summed E-state index contributed by atoms with van der Waals surface area (Å²) in [6, 6.07) is 3.92. The number of nitro benzene ring substituents is 1. The van der Waals surface area contributed by atoms with Crippen molar-refractivity contribution in [3.05, 3.63) is 33.9 Å². The summed E-state index contributed by atoms with van der Waals surface area (Å²) in [5, 5.41) is 29.9. The highest BCUT2D eigenvalue weighted by Crippen LogP contribution is 2.27. The van der Waals surface area contributed by atoms with Crippen molar-refractivity contribution < 1.29 is 15.1 Å². The van der Waals surface area contributed by atoms with Gasteiger partial charge >= 0.3 is 0 Å². The second-order valence-corrected chi connectivity index (χ2v) is 3.66. The van der Waals surface area contributed by atoms with Crippen LogP contribution in [0.2, 0.25) is 0 Å². The van der Waals surface area contributed by atoms with Gasteiger partial charge in [-0.25, -0.2) is 0 Å². The van der Waals surface area contributed by atoms with Gasteiger partial charge in [-0.05, 0) is 24.6 Å². The van der Waals surface area contributed by atoms with Crippen LogP contribution < -0.4 is 11.5 Å². The molecule has 0 heterocycles. The molecule has 1 aromatic carbocycles. The largest absolute Gasteiger partial charge is 0.393 e. The van der Waals surface area contributed by atoms with Crippen molar-refractivity contribution in [1.29, 1.82) is 0 Å². The normalized spacial score (nSPS) is 14.3. The second-order valence-electron chi connectivity index (χ2n) is 3.66. The van der Waals surface area contributed by atoms with Crippen LogP contribution in [0.4, 0.5) is 11.4 Å². The molecule has 1 rings (SSSR count). The predicted molar refractivity (Wildman–Crippen MR) is 62.1 cm³/mol. The van der Waals surface area contributed by atoms with Crippen molar-refractivity contribution in [2.75, 3.05) is 12.3 Å². The number of nitrogens with zero attached hydrogens (tertiary/aromatic N) is 1. The molecule has 0 radical (unpaired) electrons. The first kappa shape index (κ1) is 13.4. The van der Waals surface area contributed by atoms with E-state index >= 15 is 0 Å². The lowest BCUT2D eigenvalue weighted by Gasteiger charge is -2.17. The average molecular weight is 241 g/mol. The lowest BCUT2D eigenvalue weighted by molar-refractivity contribution is -0.384.